The highest BCUT2D eigenvalue weighted by Crippen LogP contribution is 2.62. The summed E-state index contributed by atoms with van der Waals surface area (Å²) in [7, 11) is 1.69. The van der Waals surface area contributed by atoms with Gasteiger partial charge in [-0.2, -0.15) is 0 Å². The van der Waals surface area contributed by atoms with Gasteiger partial charge in [-0.25, -0.2) is 0 Å². The number of quaternary nitrogens is 1. The summed E-state index contributed by atoms with van der Waals surface area (Å²) in [6, 6.07) is 8.25. The second-order valence-electron chi connectivity index (χ2n) is 10.0. The van der Waals surface area contributed by atoms with Crippen molar-refractivity contribution in [2.75, 3.05) is 26.8 Å². The fraction of sp³-hybridized carbons (Fsp3) is 0.708. The average Bonchev–Trinajstić information content (AvgIpc) is 3.41. The van der Waals surface area contributed by atoms with Gasteiger partial charge in [0, 0.05) is 12.3 Å². The molecule has 1 aromatic carbocycles. The van der Waals surface area contributed by atoms with Crippen molar-refractivity contribution in [2.24, 2.45) is 23.2 Å². The lowest BCUT2D eigenvalue weighted by atomic mass is 9.53. The number of esters is 1. The van der Waals surface area contributed by atoms with Gasteiger partial charge in [0.2, 0.25) is 0 Å². The van der Waals surface area contributed by atoms with Crippen molar-refractivity contribution in [3.05, 3.63) is 29.8 Å². The van der Waals surface area contributed by atoms with Gasteiger partial charge in [-0.15, -0.1) is 0 Å². The zero-order valence-electron chi connectivity index (χ0n) is 17.7. The molecule has 2 saturated carbocycles. The maximum atomic E-state index is 12.7. The molecule has 158 valence electrons. The number of hydrogen-bond donors (Lipinski definition) is 1. The van der Waals surface area contributed by atoms with Gasteiger partial charge in [0.05, 0.1) is 32.4 Å². The van der Waals surface area contributed by atoms with Crippen molar-refractivity contribution < 1.29 is 24.3 Å². The summed E-state index contributed by atoms with van der Waals surface area (Å²) in [5.41, 5.74) is 1.72. The van der Waals surface area contributed by atoms with Crippen LogP contribution in [0.5, 0.6) is 5.75 Å². The van der Waals surface area contributed by atoms with Crippen LogP contribution in [0.15, 0.2) is 24.3 Å². The lowest BCUT2D eigenvalue weighted by molar-refractivity contribution is -0.658. The van der Waals surface area contributed by atoms with Gasteiger partial charge in [0.15, 0.2) is 0 Å². The Morgan fingerprint density at radius 1 is 1.24 bits per heavy atom. The standard InChI is InChI=1S/C24H33NO4/c1-23-9-3-10-24(15-28-24)21(23)12-18-19(22(26)29-20(18)13-23)14-25-11-8-16-4-6-17(27-2)7-5-16/h4-7,18-21,25H,3,8-15H2,1-2H3/p+1/t18-,19+,20-,21-,23-,24+/m1/s1. The van der Waals surface area contributed by atoms with E-state index in [1.54, 1.807) is 7.11 Å². The van der Waals surface area contributed by atoms with Crippen LogP contribution in [0.2, 0.25) is 0 Å². The summed E-state index contributed by atoms with van der Waals surface area (Å²) in [6.45, 7) is 5.17. The number of benzene rings is 1. The van der Waals surface area contributed by atoms with Gasteiger partial charge in [0.25, 0.3) is 0 Å². The number of fused-ring (bicyclic) bond motifs is 3. The zero-order chi connectivity index (χ0) is 20.1. The fourth-order valence-corrected chi connectivity index (χ4v) is 6.58. The van der Waals surface area contributed by atoms with Crippen molar-refractivity contribution in [3.63, 3.8) is 0 Å². The summed E-state index contributed by atoms with van der Waals surface area (Å²) in [6.07, 6.45) is 6.96. The second-order valence-corrected chi connectivity index (χ2v) is 10.0. The Morgan fingerprint density at radius 3 is 2.76 bits per heavy atom. The summed E-state index contributed by atoms with van der Waals surface area (Å²) in [5, 5.41) is 2.30. The number of carbonyl (C=O) groups excluding carboxylic acids is 1. The van der Waals surface area contributed by atoms with Crippen molar-refractivity contribution in [1.29, 1.82) is 0 Å². The van der Waals surface area contributed by atoms with Crippen LogP contribution in [0.3, 0.4) is 0 Å². The topological polar surface area (TPSA) is 64.7 Å². The molecular formula is C24H34NO4+. The minimum atomic E-state index is 0.0358. The predicted molar refractivity (Wildman–Crippen MR) is 109 cm³/mol. The number of epoxide rings is 1. The van der Waals surface area contributed by atoms with Crippen LogP contribution in [0.1, 0.15) is 44.6 Å². The third-order valence-electron chi connectivity index (χ3n) is 8.30. The Hall–Kier alpha value is -1.59. The Kier molecular flexibility index (Phi) is 4.86. The molecule has 4 fully saturated rings. The highest BCUT2D eigenvalue weighted by molar-refractivity contribution is 5.75. The van der Waals surface area contributed by atoms with Gasteiger partial charge in [0.1, 0.15) is 17.8 Å². The van der Waals surface area contributed by atoms with Crippen molar-refractivity contribution in [2.45, 2.75) is 57.2 Å². The van der Waals surface area contributed by atoms with E-state index in [-0.39, 0.29) is 29.0 Å². The van der Waals surface area contributed by atoms with Gasteiger partial charge >= 0.3 is 5.97 Å². The quantitative estimate of drug-likeness (QED) is 0.452. The molecule has 2 aliphatic heterocycles. The first-order valence-corrected chi connectivity index (χ1v) is 11.3. The minimum absolute atomic E-state index is 0.0358. The van der Waals surface area contributed by atoms with E-state index >= 15 is 0 Å². The highest BCUT2D eigenvalue weighted by atomic mass is 16.6. The number of methoxy groups -OCH3 is 1. The molecule has 5 rings (SSSR count). The van der Waals surface area contributed by atoms with Crippen LogP contribution >= 0.6 is 0 Å². The zero-order valence-corrected chi connectivity index (χ0v) is 17.7. The lowest BCUT2D eigenvalue weighted by Crippen LogP contribution is -2.86. The van der Waals surface area contributed by atoms with Crippen LogP contribution in [0.25, 0.3) is 0 Å². The second kappa shape index (κ2) is 7.28. The lowest BCUT2D eigenvalue weighted by Gasteiger charge is -2.51. The molecule has 5 nitrogen and oxygen atoms in total. The largest absolute Gasteiger partial charge is 0.497 e. The van der Waals surface area contributed by atoms with Gasteiger partial charge in [-0.05, 0) is 61.1 Å². The van der Waals surface area contributed by atoms with E-state index in [0.717, 1.165) is 44.7 Å². The van der Waals surface area contributed by atoms with E-state index in [0.29, 0.717) is 11.8 Å². The maximum absolute atomic E-state index is 12.7. The number of hydrogen-bond acceptors (Lipinski definition) is 4. The molecule has 29 heavy (non-hydrogen) atoms. The molecule has 2 heterocycles. The Labute approximate surface area is 173 Å². The summed E-state index contributed by atoms with van der Waals surface area (Å²) >= 11 is 0. The number of nitrogens with two attached hydrogens (primary N) is 1. The molecule has 2 saturated heterocycles. The average molecular weight is 401 g/mol. The first-order valence-electron chi connectivity index (χ1n) is 11.3. The minimum Gasteiger partial charge on any atom is -0.497 e. The molecule has 1 spiro atoms. The molecule has 0 amide bonds. The molecule has 0 unspecified atom stereocenters. The predicted octanol–water partition coefficient (Wildman–Crippen LogP) is 2.33. The molecule has 2 aliphatic carbocycles. The van der Waals surface area contributed by atoms with Crippen molar-refractivity contribution in [3.8, 4) is 5.75 Å². The van der Waals surface area contributed by atoms with Crippen LogP contribution in [0, 0.1) is 23.2 Å². The smallest absolute Gasteiger partial charge is 0.315 e. The SMILES string of the molecule is COc1ccc(CC[NH2+]C[C@@H]2C(=O)O[C@@H]3C[C@@]4(C)CCC[C@]5(CO5)[C@@H]4C[C@H]23)cc1. The van der Waals surface area contributed by atoms with Crippen LogP contribution in [0.4, 0.5) is 0 Å². The Balaban J connectivity index is 1.18. The van der Waals surface area contributed by atoms with E-state index in [1.807, 2.05) is 12.1 Å². The molecule has 1 aromatic rings. The van der Waals surface area contributed by atoms with Crippen molar-refractivity contribution in [1.82, 2.24) is 0 Å². The Morgan fingerprint density at radius 2 is 2.03 bits per heavy atom. The molecule has 6 atom stereocenters. The number of rotatable bonds is 6. The molecule has 5 heteroatoms. The molecular weight excluding hydrogens is 366 g/mol. The third kappa shape index (κ3) is 3.46. The van der Waals surface area contributed by atoms with Crippen LogP contribution in [-0.4, -0.2) is 44.5 Å². The number of ether oxygens (including phenoxy) is 3. The summed E-state index contributed by atoms with van der Waals surface area (Å²) in [5.74, 6) is 1.94. The first-order chi connectivity index (χ1) is 14.0. The molecule has 4 aliphatic rings. The first kappa shape index (κ1) is 19.4. The molecule has 2 N–H and O–H groups in total. The van der Waals surface area contributed by atoms with E-state index in [4.69, 9.17) is 14.2 Å². The normalized spacial score (nSPS) is 40.3. The van der Waals surface area contributed by atoms with Gasteiger partial charge in [-0.3, -0.25) is 4.79 Å². The van der Waals surface area contributed by atoms with Crippen LogP contribution in [-0.2, 0) is 20.7 Å². The van der Waals surface area contributed by atoms with E-state index < -0.39 is 0 Å². The third-order valence-corrected chi connectivity index (χ3v) is 8.30. The highest BCUT2D eigenvalue weighted by Gasteiger charge is 2.65. The van der Waals surface area contributed by atoms with E-state index in [1.165, 1.54) is 24.8 Å². The molecule has 0 bridgehead atoms. The fourth-order valence-electron chi connectivity index (χ4n) is 6.58. The summed E-state index contributed by atoms with van der Waals surface area (Å²) in [4.78, 5) is 12.7. The maximum Gasteiger partial charge on any atom is 0.315 e. The molecule has 0 aromatic heterocycles. The van der Waals surface area contributed by atoms with Crippen LogP contribution < -0.4 is 10.1 Å². The Bertz CT molecular complexity index is 759. The van der Waals surface area contributed by atoms with Gasteiger partial charge < -0.3 is 19.5 Å². The monoisotopic (exact) mass is 400 g/mol. The van der Waals surface area contributed by atoms with E-state index in [2.05, 4.69) is 24.4 Å². The molecule has 0 radical (unpaired) electrons. The summed E-state index contributed by atoms with van der Waals surface area (Å²) < 4.78 is 17.1. The van der Waals surface area contributed by atoms with E-state index in [9.17, 15) is 4.79 Å². The van der Waals surface area contributed by atoms with Crippen molar-refractivity contribution >= 4 is 5.97 Å². The van der Waals surface area contributed by atoms with Gasteiger partial charge in [-0.1, -0.05) is 19.1 Å². The number of carbonyl (C=O) groups is 1.